The predicted octanol–water partition coefficient (Wildman–Crippen LogP) is 3.74. The number of amides is 2. The molecule has 28 heavy (non-hydrogen) atoms. The highest BCUT2D eigenvalue weighted by Crippen LogP contribution is 2.32. The fourth-order valence-electron chi connectivity index (χ4n) is 3.50. The van der Waals surface area contributed by atoms with Crippen molar-refractivity contribution in [2.24, 2.45) is 5.92 Å². The Kier molecular flexibility index (Phi) is 4.49. The molecule has 2 amide bonds. The van der Waals surface area contributed by atoms with Crippen LogP contribution < -0.4 is 10.2 Å². The molecule has 7 nitrogen and oxygen atoms in total. The number of benzene rings is 3. The van der Waals surface area contributed by atoms with Gasteiger partial charge in [-0.05, 0) is 17.5 Å². The summed E-state index contributed by atoms with van der Waals surface area (Å²) >= 11 is 0. The van der Waals surface area contributed by atoms with Crippen LogP contribution in [0, 0.1) is 16.0 Å². The lowest BCUT2D eigenvalue weighted by atomic mass is 10.1. The highest BCUT2D eigenvalue weighted by molar-refractivity contribution is 6.08. The molecule has 1 aliphatic rings. The number of carbonyl (C=O) groups is 2. The largest absolute Gasteiger partial charge is 0.326 e. The molecule has 0 radical (unpaired) electrons. The van der Waals surface area contributed by atoms with Crippen LogP contribution in [0.25, 0.3) is 10.8 Å². The second kappa shape index (κ2) is 7.11. The molecule has 1 N–H and O–H groups in total. The van der Waals surface area contributed by atoms with E-state index in [1.54, 1.807) is 11.0 Å². The van der Waals surface area contributed by atoms with Gasteiger partial charge in [0.1, 0.15) is 0 Å². The molecule has 4 rings (SSSR count). The van der Waals surface area contributed by atoms with E-state index in [-0.39, 0.29) is 30.5 Å². The summed E-state index contributed by atoms with van der Waals surface area (Å²) in [4.78, 5) is 37.2. The third kappa shape index (κ3) is 3.29. The standard InChI is InChI=1S/C21H17N3O4/c25-20-11-15(21(26)22-16-7-4-8-17(12-16)24(27)28)13-23(20)19-10-3-6-14-5-1-2-9-18(14)19/h1-10,12,15H,11,13H2,(H,22,26). The molecule has 1 atom stereocenters. The number of hydrogen-bond donors (Lipinski definition) is 1. The monoisotopic (exact) mass is 375 g/mol. The molecule has 1 heterocycles. The average molecular weight is 375 g/mol. The molecule has 0 saturated carbocycles. The number of hydrogen-bond acceptors (Lipinski definition) is 4. The molecule has 1 unspecified atom stereocenters. The van der Waals surface area contributed by atoms with Crippen molar-refractivity contribution < 1.29 is 14.5 Å². The summed E-state index contributed by atoms with van der Waals surface area (Å²) in [5.41, 5.74) is 1.03. The van der Waals surface area contributed by atoms with Crippen molar-refractivity contribution in [1.29, 1.82) is 0 Å². The number of non-ortho nitro benzene ring substituents is 1. The molecule has 0 spiro atoms. The first-order valence-corrected chi connectivity index (χ1v) is 8.86. The Morgan fingerprint density at radius 1 is 1.07 bits per heavy atom. The summed E-state index contributed by atoms with van der Waals surface area (Å²) in [6.45, 7) is 0.271. The average Bonchev–Trinajstić information content (AvgIpc) is 3.09. The molecule has 1 saturated heterocycles. The van der Waals surface area contributed by atoms with Crippen molar-refractivity contribution >= 4 is 39.6 Å². The molecular formula is C21H17N3O4. The zero-order valence-electron chi connectivity index (χ0n) is 14.9. The number of carbonyl (C=O) groups excluding carboxylic acids is 2. The molecule has 7 heteroatoms. The normalized spacial score (nSPS) is 16.4. The molecule has 3 aromatic rings. The highest BCUT2D eigenvalue weighted by atomic mass is 16.6. The van der Waals surface area contributed by atoms with E-state index in [2.05, 4.69) is 5.32 Å². The Bertz CT molecular complexity index is 1090. The van der Waals surface area contributed by atoms with Gasteiger partial charge in [-0.15, -0.1) is 0 Å². The minimum atomic E-state index is -0.522. The predicted molar refractivity (Wildman–Crippen MR) is 106 cm³/mol. The van der Waals surface area contributed by atoms with E-state index in [0.717, 1.165) is 16.5 Å². The SMILES string of the molecule is O=C(Nc1cccc([N+](=O)[O-])c1)C1CC(=O)N(c2cccc3ccccc23)C1. The number of fused-ring (bicyclic) bond motifs is 1. The van der Waals surface area contributed by atoms with Crippen LogP contribution in [0.3, 0.4) is 0 Å². The van der Waals surface area contributed by atoms with Gasteiger partial charge in [-0.25, -0.2) is 0 Å². The van der Waals surface area contributed by atoms with Crippen molar-refractivity contribution in [2.45, 2.75) is 6.42 Å². The Morgan fingerprint density at radius 3 is 2.64 bits per heavy atom. The first-order valence-electron chi connectivity index (χ1n) is 8.86. The van der Waals surface area contributed by atoms with Crippen LogP contribution >= 0.6 is 0 Å². The topological polar surface area (TPSA) is 92.5 Å². The van der Waals surface area contributed by atoms with Crippen LogP contribution in [0.15, 0.2) is 66.7 Å². The maximum Gasteiger partial charge on any atom is 0.271 e. The third-order valence-electron chi connectivity index (χ3n) is 4.88. The summed E-state index contributed by atoms with van der Waals surface area (Å²) in [5, 5.41) is 15.6. The molecular weight excluding hydrogens is 358 g/mol. The van der Waals surface area contributed by atoms with E-state index in [0.29, 0.717) is 5.69 Å². The molecule has 0 aromatic heterocycles. The Balaban J connectivity index is 1.54. The number of nitro groups is 1. The van der Waals surface area contributed by atoms with Crippen LogP contribution in [0.1, 0.15) is 6.42 Å². The van der Waals surface area contributed by atoms with Crippen molar-refractivity contribution in [1.82, 2.24) is 0 Å². The molecule has 0 bridgehead atoms. The lowest BCUT2D eigenvalue weighted by Gasteiger charge is -2.19. The van der Waals surface area contributed by atoms with E-state index in [1.807, 2.05) is 42.5 Å². The lowest BCUT2D eigenvalue weighted by Crippen LogP contribution is -2.28. The smallest absolute Gasteiger partial charge is 0.271 e. The lowest BCUT2D eigenvalue weighted by molar-refractivity contribution is -0.384. The fourth-order valence-corrected chi connectivity index (χ4v) is 3.50. The summed E-state index contributed by atoms with van der Waals surface area (Å²) in [6.07, 6.45) is 0.101. The summed E-state index contributed by atoms with van der Waals surface area (Å²) in [6, 6.07) is 19.3. The molecule has 140 valence electrons. The second-order valence-electron chi connectivity index (χ2n) is 6.70. The number of nitrogens with zero attached hydrogens (tertiary/aromatic N) is 2. The van der Waals surface area contributed by atoms with Gasteiger partial charge in [-0.1, -0.05) is 42.5 Å². The van der Waals surface area contributed by atoms with Crippen LogP contribution in [0.4, 0.5) is 17.1 Å². The van der Waals surface area contributed by atoms with E-state index >= 15 is 0 Å². The van der Waals surface area contributed by atoms with Gasteiger partial charge in [0.2, 0.25) is 11.8 Å². The Morgan fingerprint density at radius 2 is 1.82 bits per heavy atom. The molecule has 0 aliphatic carbocycles. The Hall–Kier alpha value is -3.74. The first-order chi connectivity index (χ1) is 13.5. The van der Waals surface area contributed by atoms with Crippen molar-refractivity contribution in [3.8, 4) is 0 Å². The van der Waals surface area contributed by atoms with Gasteiger partial charge in [0.25, 0.3) is 5.69 Å². The fraction of sp³-hybridized carbons (Fsp3) is 0.143. The zero-order valence-corrected chi connectivity index (χ0v) is 14.9. The first kappa shape index (κ1) is 17.7. The number of anilines is 2. The van der Waals surface area contributed by atoms with Crippen molar-refractivity contribution in [3.05, 3.63) is 76.8 Å². The number of nitro benzene ring substituents is 1. The number of nitrogens with one attached hydrogen (secondary N) is 1. The van der Waals surface area contributed by atoms with E-state index in [1.165, 1.54) is 18.2 Å². The maximum atomic E-state index is 12.6. The van der Waals surface area contributed by atoms with Gasteiger partial charge < -0.3 is 10.2 Å². The minimum absolute atomic E-state index is 0.0994. The molecule has 1 aliphatic heterocycles. The van der Waals surface area contributed by atoms with E-state index < -0.39 is 10.8 Å². The van der Waals surface area contributed by atoms with E-state index in [9.17, 15) is 19.7 Å². The van der Waals surface area contributed by atoms with Gasteiger partial charge in [0, 0.05) is 36.2 Å². The van der Waals surface area contributed by atoms with Gasteiger partial charge in [-0.3, -0.25) is 19.7 Å². The number of rotatable bonds is 4. The van der Waals surface area contributed by atoms with Crippen molar-refractivity contribution in [2.75, 3.05) is 16.8 Å². The highest BCUT2D eigenvalue weighted by Gasteiger charge is 2.35. The van der Waals surface area contributed by atoms with Gasteiger partial charge in [0.15, 0.2) is 0 Å². The quantitative estimate of drug-likeness (QED) is 0.555. The van der Waals surface area contributed by atoms with Gasteiger partial charge in [-0.2, -0.15) is 0 Å². The maximum absolute atomic E-state index is 12.6. The van der Waals surface area contributed by atoms with Crippen LogP contribution in [0.5, 0.6) is 0 Å². The van der Waals surface area contributed by atoms with Crippen molar-refractivity contribution in [3.63, 3.8) is 0 Å². The van der Waals surface area contributed by atoms with Gasteiger partial charge >= 0.3 is 0 Å². The second-order valence-corrected chi connectivity index (χ2v) is 6.70. The summed E-state index contributed by atoms with van der Waals surface area (Å²) in [5.74, 6) is -0.960. The minimum Gasteiger partial charge on any atom is -0.326 e. The molecule has 1 fully saturated rings. The van der Waals surface area contributed by atoms with Crippen LogP contribution in [-0.4, -0.2) is 23.3 Å². The van der Waals surface area contributed by atoms with Crippen LogP contribution in [-0.2, 0) is 9.59 Å². The Labute approximate surface area is 160 Å². The summed E-state index contributed by atoms with van der Waals surface area (Å²) in [7, 11) is 0. The third-order valence-corrected chi connectivity index (χ3v) is 4.88. The van der Waals surface area contributed by atoms with Gasteiger partial charge in [0.05, 0.1) is 16.5 Å². The van der Waals surface area contributed by atoms with Crippen LogP contribution in [0.2, 0.25) is 0 Å². The van der Waals surface area contributed by atoms with E-state index in [4.69, 9.17) is 0 Å². The molecule has 3 aromatic carbocycles. The summed E-state index contributed by atoms with van der Waals surface area (Å²) < 4.78 is 0. The zero-order chi connectivity index (χ0) is 19.7.